The average Bonchev–Trinajstić information content (AvgIpc) is 2.95. The zero-order chi connectivity index (χ0) is 18.7. The van der Waals surface area contributed by atoms with Crippen molar-refractivity contribution in [2.45, 2.75) is 6.42 Å². The second kappa shape index (κ2) is 7.22. The Bertz CT molecular complexity index is 967. The molecule has 0 spiro atoms. The number of nitrogens with one attached hydrogen (secondary N) is 1. The number of anilines is 1. The molecule has 3 N–H and O–H groups in total. The van der Waals surface area contributed by atoms with Crippen molar-refractivity contribution < 1.29 is 27.5 Å². The fourth-order valence-corrected chi connectivity index (χ4v) is 2.36. The molecule has 8 heteroatoms. The summed E-state index contributed by atoms with van der Waals surface area (Å²) in [7, 11) is 0. The van der Waals surface area contributed by atoms with Gasteiger partial charge in [-0.1, -0.05) is 0 Å². The number of hydrogen-bond donors (Lipinski definition) is 2. The highest BCUT2D eigenvalue weighted by Gasteiger charge is 2.20. The summed E-state index contributed by atoms with van der Waals surface area (Å²) in [6.07, 6.45) is -0.0580. The summed E-state index contributed by atoms with van der Waals surface area (Å²) < 4.78 is 36.9. The zero-order valence-electron chi connectivity index (χ0n) is 13.4. The Kier molecular flexibility index (Phi) is 4.83. The van der Waals surface area contributed by atoms with Gasteiger partial charge < -0.3 is 20.2 Å². The van der Waals surface area contributed by atoms with E-state index in [1.54, 1.807) is 0 Å². The van der Waals surface area contributed by atoms with Gasteiger partial charge in [-0.05, 0) is 42.5 Å². The number of halogens is 2. The molecule has 0 atom stereocenters. The Morgan fingerprint density at radius 2 is 1.77 bits per heavy atom. The fourth-order valence-electron chi connectivity index (χ4n) is 2.36. The molecule has 26 heavy (non-hydrogen) atoms. The molecule has 6 nitrogen and oxygen atoms in total. The summed E-state index contributed by atoms with van der Waals surface area (Å²) in [5.41, 5.74) is 5.48. The first-order chi connectivity index (χ1) is 12.4. The maximum absolute atomic E-state index is 13.5. The molecular formula is C18H14F2N2O4. The molecule has 0 fully saturated rings. The molecule has 134 valence electrons. The van der Waals surface area contributed by atoms with Crippen LogP contribution < -0.4 is 15.8 Å². The molecule has 3 rings (SSSR count). The van der Waals surface area contributed by atoms with Crippen molar-refractivity contribution in [2.24, 2.45) is 5.73 Å². The molecule has 2 amide bonds. The maximum atomic E-state index is 13.5. The summed E-state index contributed by atoms with van der Waals surface area (Å²) in [5.74, 6) is -2.18. The molecule has 0 aliphatic heterocycles. The van der Waals surface area contributed by atoms with E-state index in [2.05, 4.69) is 5.32 Å². The highest BCUT2D eigenvalue weighted by atomic mass is 19.1. The summed E-state index contributed by atoms with van der Waals surface area (Å²) in [4.78, 5) is 23.6. The van der Waals surface area contributed by atoms with Gasteiger partial charge in [0.25, 0.3) is 5.91 Å². The number of primary amides is 1. The van der Waals surface area contributed by atoms with Gasteiger partial charge in [-0.3, -0.25) is 9.59 Å². The molecule has 0 saturated carbocycles. The molecule has 1 heterocycles. The van der Waals surface area contributed by atoms with E-state index in [1.807, 2.05) is 0 Å². The van der Waals surface area contributed by atoms with Gasteiger partial charge in [-0.25, -0.2) is 8.78 Å². The maximum Gasteiger partial charge on any atom is 0.286 e. The minimum absolute atomic E-state index is 0.0128. The van der Waals surface area contributed by atoms with Gasteiger partial charge in [0.05, 0.1) is 13.0 Å². The van der Waals surface area contributed by atoms with Gasteiger partial charge in [-0.15, -0.1) is 0 Å². The summed E-state index contributed by atoms with van der Waals surface area (Å²) in [5, 5.41) is 2.73. The molecule has 1 aromatic heterocycles. The molecule has 2 aromatic carbocycles. The van der Waals surface area contributed by atoms with E-state index in [0.717, 1.165) is 6.07 Å². The SMILES string of the molecule is NC(=O)c1oc2ccc(F)cc2c1NC(=O)CCOc1ccc(F)cc1. The Labute approximate surface area is 146 Å². The largest absolute Gasteiger partial charge is 0.493 e. The lowest BCUT2D eigenvalue weighted by atomic mass is 10.2. The third-order valence-corrected chi connectivity index (χ3v) is 3.55. The van der Waals surface area contributed by atoms with E-state index in [4.69, 9.17) is 14.9 Å². The van der Waals surface area contributed by atoms with Crippen molar-refractivity contribution in [3.8, 4) is 5.75 Å². The number of rotatable bonds is 6. The van der Waals surface area contributed by atoms with Crippen molar-refractivity contribution in [2.75, 3.05) is 11.9 Å². The van der Waals surface area contributed by atoms with Crippen LogP contribution in [0, 0.1) is 11.6 Å². The predicted molar refractivity (Wildman–Crippen MR) is 89.8 cm³/mol. The van der Waals surface area contributed by atoms with Gasteiger partial charge >= 0.3 is 0 Å². The summed E-state index contributed by atoms with van der Waals surface area (Å²) in [6, 6.07) is 8.98. The normalized spacial score (nSPS) is 10.7. The van der Waals surface area contributed by atoms with Crippen LogP contribution >= 0.6 is 0 Å². The van der Waals surface area contributed by atoms with Crippen LogP contribution in [-0.4, -0.2) is 18.4 Å². The Balaban J connectivity index is 1.70. The topological polar surface area (TPSA) is 94.6 Å². The first kappa shape index (κ1) is 17.4. The molecule has 0 aliphatic rings. The molecule has 0 bridgehead atoms. The summed E-state index contributed by atoms with van der Waals surface area (Å²) in [6.45, 7) is 0.0213. The monoisotopic (exact) mass is 360 g/mol. The van der Waals surface area contributed by atoms with Gasteiger partial charge in [0.1, 0.15) is 28.7 Å². The zero-order valence-corrected chi connectivity index (χ0v) is 13.4. The van der Waals surface area contributed by atoms with Gasteiger partial charge in [0.15, 0.2) is 0 Å². The molecular weight excluding hydrogens is 346 g/mol. The molecule has 0 aliphatic carbocycles. The quantitative estimate of drug-likeness (QED) is 0.706. The predicted octanol–water partition coefficient (Wildman–Crippen LogP) is 3.22. The van der Waals surface area contributed by atoms with E-state index < -0.39 is 23.4 Å². The number of amides is 2. The van der Waals surface area contributed by atoms with E-state index in [0.29, 0.717) is 5.75 Å². The molecule has 0 unspecified atom stereocenters. The van der Waals surface area contributed by atoms with E-state index in [-0.39, 0.29) is 35.4 Å². The number of fused-ring (bicyclic) bond motifs is 1. The van der Waals surface area contributed by atoms with Crippen molar-refractivity contribution in [1.29, 1.82) is 0 Å². The number of carbonyl (C=O) groups is 2. The lowest BCUT2D eigenvalue weighted by molar-refractivity contribution is -0.116. The third kappa shape index (κ3) is 3.80. The van der Waals surface area contributed by atoms with Crippen LogP contribution in [0.5, 0.6) is 5.75 Å². The lowest BCUT2D eigenvalue weighted by Gasteiger charge is -2.07. The van der Waals surface area contributed by atoms with E-state index in [9.17, 15) is 18.4 Å². The third-order valence-electron chi connectivity index (χ3n) is 3.55. The highest BCUT2D eigenvalue weighted by Crippen LogP contribution is 2.31. The van der Waals surface area contributed by atoms with Gasteiger partial charge in [0, 0.05) is 5.39 Å². The minimum Gasteiger partial charge on any atom is -0.493 e. The van der Waals surface area contributed by atoms with Crippen LogP contribution in [0.4, 0.5) is 14.5 Å². The van der Waals surface area contributed by atoms with Gasteiger partial charge in [-0.2, -0.15) is 0 Å². The van der Waals surface area contributed by atoms with Crippen molar-refractivity contribution in [1.82, 2.24) is 0 Å². The van der Waals surface area contributed by atoms with Gasteiger partial charge in [0.2, 0.25) is 11.7 Å². The Hall–Kier alpha value is -3.42. The first-order valence-corrected chi connectivity index (χ1v) is 7.64. The van der Waals surface area contributed by atoms with Crippen LogP contribution in [0.3, 0.4) is 0 Å². The fraction of sp³-hybridized carbons (Fsp3) is 0.111. The number of hydrogen-bond acceptors (Lipinski definition) is 4. The van der Waals surface area contributed by atoms with Crippen LogP contribution in [0.1, 0.15) is 17.0 Å². The second-order valence-corrected chi connectivity index (χ2v) is 5.41. The van der Waals surface area contributed by atoms with E-state index in [1.165, 1.54) is 36.4 Å². The number of benzene rings is 2. The number of carbonyl (C=O) groups excluding carboxylic acids is 2. The lowest BCUT2D eigenvalue weighted by Crippen LogP contribution is -2.18. The Morgan fingerprint density at radius 1 is 1.08 bits per heavy atom. The second-order valence-electron chi connectivity index (χ2n) is 5.41. The van der Waals surface area contributed by atoms with Crippen molar-refractivity contribution in [3.63, 3.8) is 0 Å². The standard InChI is InChI=1S/C18H14F2N2O4/c19-10-1-4-12(5-2-10)25-8-7-15(23)22-16-13-9-11(20)3-6-14(13)26-17(16)18(21)24/h1-6,9H,7-8H2,(H2,21,24)(H,22,23). The minimum atomic E-state index is -0.889. The molecule has 0 radical (unpaired) electrons. The van der Waals surface area contributed by atoms with Crippen molar-refractivity contribution in [3.05, 3.63) is 59.9 Å². The first-order valence-electron chi connectivity index (χ1n) is 7.64. The number of nitrogens with two attached hydrogens (primary N) is 1. The average molecular weight is 360 g/mol. The highest BCUT2D eigenvalue weighted by molar-refractivity contribution is 6.10. The Morgan fingerprint density at radius 3 is 2.46 bits per heavy atom. The van der Waals surface area contributed by atoms with Crippen LogP contribution in [0.25, 0.3) is 11.0 Å². The number of furan rings is 1. The number of ether oxygens (including phenoxy) is 1. The van der Waals surface area contributed by atoms with Crippen LogP contribution in [-0.2, 0) is 4.79 Å². The van der Waals surface area contributed by atoms with E-state index >= 15 is 0 Å². The summed E-state index contributed by atoms with van der Waals surface area (Å²) >= 11 is 0. The molecule has 0 saturated heterocycles. The van der Waals surface area contributed by atoms with Crippen LogP contribution in [0.2, 0.25) is 0 Å². The van der Waals surface area contributed by atoms with Crippen LogP contribution in [0.15, 0.2) is 46.9 Å². The molecule has 3 aromatic rings. The van der Waals surface area contributed by atoms with Crippen molar-refractivity contribution >= 4 is 28.5 Å². The smallest absolute Gasteiger partial charge is 0.286 e.